The van der Waals surface area contributed by atoms with E-state index in [1.54, 1.807) is 13.2 Å². The summed E-state index contributed by atoms with van der Waals surface area (Å²) in [4.78, 5) is 8.49. The summed E-state index contributed by atoms with van der Waals surface area (Å²) in [5.74, 6) is 3.22. The standard InChI is InChI=1S/C14H24ClN3O/c1-9(2)11(10(3)4)7-16-13-6-12(15)17-14(18-13)8-19-5/h6,9-11H,7-8H2,1-5H3,(H,16,17,18). The molecule has 0 bridgehead atoms. The zero-order valence-corrected chi connectivity index (χ0v) is 13.2. The Kier molecular flexibility index (Phi) is 6.52. The quantitative estimate of drug-likeness (QED) is 0.777. The van der Waals surface area contributed by atoms with E-state index in [1.807, 2.05) is 0 Å². The number of hydrogen-bond donors (Lipinski definition) is 1. The van der Waals surface area contributed by atoms with Crippen molar-refractivity contribution in [1.29, 1.82) is 0 Å². The second-order valence-corrected chi connectivity index (χ2v) is 5.85. The molecule has 0 spiro atoms. The molecule has 1 aromatic heterocycles. The molecule has 0 radical (unpaired) electrons. The predicted molar refractivity (Wildman–Crippen MR) is 79.4 cm³/mol. The number of rotatable bonds is 7. The summed E-state index contributed by atoms with van der Waals surface area (Å²) in [5.41, 5.74) is 0. The summed E-state index contributed by atoms with van der Waals surface area (Å²) in [7, 11) is 1.62. The summed E-state index contributed by atoms with van der Waals surface area (Å²) < 4.78 is 5.03. The molecule has 0 aromatic carbocycles. The van der Waals surface area contributed by atoms with Gasteiger partial charge in [0, 0.05) is 19.7 Å². The number of nitrogens with zero attached hydrogens (tertiary/aromatic N) is 2. The van der Waals surface area contributed by atoms with Gasteiger partial charge in [0.05, 0.1) is 0 Å². The van der Waals surface area contributed by atoms with E-state index in [2.05, 4.69) is 43.0 Å². The smallest absolute Gasteiger partial charge is 0.158 e. The van der Waals surface area contributed by atoms with Gasteiger partial charge in [-0.3, -0.25) is 0 Å². The third-order valence-electron chi connectivity index (χ3n) is 3.25. The fraction of sp³-hybridized carbons (Fsp3) is 0.714. The van der Waals surface area contributed by atoms with E-state index in [-0.39, 0.29) is 0 Å². The van der Waals surface area contributed by atoms with Crippen LogP contribution in [0.25, 0.3) is 0 Å². The Bertz CT molecular complexity index is 388. The molecule has 0 aliphatic rings. The first-order chi connectivity index (χ1) is 8.93. The van der Waals surface area contributed by atoms with Gasteiger partial charge in [0.15, 0.2) is 5.82 Å². The summed E-state index contributed by atoms with van der Waals surface area (Å²) in [5, 5.41) is 3.80. The van der Waals surface area contributed by atoms with E-state index in [0.717, 1.165) is 12.4 Å². The first-order valence-corrected chi connectivity index (χ1v) is 7.08. The highest BCUT2D eigenvalue weighted by atomic mass is 35.5. The Labute approximate surface area is 120 Å². The number of hydrogen-bond acceptors (Lipinski definition) is 4. The highest BCUT2D eigenvalue weighted by Gasteiger charge is 2.17. The molecule has 0 saturated carbocycles. The molecule has 19 heavy (non-hydrogen) atoms. The molecule has 0 saturated heterocycles. The lowest BCUT2D eigenvalue weighted by Crippen LogP contribution is -2.25. The number of methoxy groups -OCH3 is 1. The normalized spacial score (nSPS) is 11.6. The van der Waals surface area contributed by atoms with Gasteiger partial charge in [-0.25, -0.2) is 9.97 Å². The maximum atomic E-state index is 5.98. The Morgan fingerprint density at radius 3 is 2.37 bits per heavy atom. The first-order valence-electron chi connectivity index (χ1n) is 6.70. The number of aromatic nitrogens is 2. The molecule has 1 rings (SSSR count). The van der Waals surface area contributed by atoms with Gasteiger partial charge in [-0.2, -0.15) is 0 Å². The lowest BCUT2D eigenvalue weighted by Gasteiger charge is -2.25. The van der Waals surface area contributed by atoms with Crippen LogP contribution in [0.1, 0.15) is 33.5 Å². The van der Waals surface area contributed by atoms with Crippen LogP contribution in [-0.4, -0.2) is 23.6 Å². The molecule has 4 nitrogen and oxygen atoms in total. The van der Waals surface area contributed by atoms with Crippen molar-refractivity contribution in [3.8, 4) is 0 Å². The SMILES string of the molecule is COCc1nc(Cl)cc(NCC(C(C)C)C(C)C)n1. The maximum Gasteiger partial charge on any atom is 0.158 e. The number of nitrogens with one attached hydrogen (secondary N) is 1. The van der Waals surface area contributed by atoms with Gasteiger partial charge in [-0.15, -0.1) is 0 Å². The van der Waals surface area contributed by atoms with Gasteiger partial charge < -0.3 is 10.1 Å². The highest BCUT2D eigenvalue weighted by Crippen LogP contribution is 2.21. The van der Waals surface area contributed by atoms with Crippen LogP contribution in [0.4, 0.5) is 5.82 Å². The van der Waals surface area contributed by atoms with E-state index in [0.29, 0.717) is 35.3 Å². The first kappa shape index (κ1) is 16.2. The van der Waals surface area contributed by atoms with Crippen LogP contribution in [0.2, 0.25) is 5.15 Å². The lowest BCUT2D eigenvalue weighted by molar-refractivity contribution is 0.178. The van der Waals surface area contributed by atoms with Crippen molar-refractivity contribution in [2.75, 3.05) is 19.0 Å². The Morgan fingerprint density at radius 1 is 1.21 bits per heavy atom. The van der Waals surface area contributed by atoms with Crippen molar-refractivity contribution < 1.29 is 4.74 Å². The lowest BCUT2D eigenvalue weighted by atomic mass is 9.85. The molecule has 5 heteroatoms. The van der Waals surface area contributed by atoms with Crippen LogP contribution in [-0.2, 0) is 11.3 Å². The Balaban J connectivity index is 2.71. The molecule has 108 valence electrons. The zero-order valence-electron chi connectivity index (χ0n) is 12.4. The van der Waals surface area contributed by atoms with Crippen LogP contribution in [0.3, 0.4) is 0 Å². The van der Waals surface area contributed by atoms with E-state index in [4.69, 9.17) is 16.3 Å². The molecule has 1 N–H and O–H groups in total. The van der Waals surface area contributed by atoms with Crippen molar-refractivity contribution in [3.63, 3.8) is 0 Å². The van der Waals surface area contributed by atoms with Gasteiger partial charge in [-0.1, -0.05) is 39.3 Å². The minimum Gasteiger partial charge on any atom is -0.377 e. The Hall–Kier alpha value is -0.870. The van der Waals surface area contributed by atoms with E-state index < -0.39 is 0 Å². The molecule has 1 heterocycles. The molecule has 0 aliphatic carbocycles. The van der Waals surface area contributed by atoms with E-state index in [1.165, 1.54) is 0 Å². The van der Waals surface area contributed by atoms with Crippen LogP contribution in [0, 0.1) is 17.8 Å². The summed E-state index contributed by atoms with van der Waals surface area (Å²) in [6.45, 7) is 10.2. The van der Waals surface area contributed by atoms with Crippen LogP contribution < -0.4 is 5.32 Å². The van der Waals surface area contributed by atoms with Gasteiger partial charge in [-0.05, 0) is 17.8 Å². The van der Waals surface area contributed by atoms with Gasteiger partial charge in [0.1, 0.15) is 17.6 Å². The van der Waals surface area contributed by atoms with Crippen LogP contribution in [0.15, 0.2) is 6.07 Å². The van der Waals surface area contributed by atoms with Crippen molar-refractivity contribution >= 4 is 17.4 Å². The topological polar surface area (TPSA) is 47.0 Å². The zero-order chi connectivity index (χ0) is 14.4. The van der Waals surface area contributed by atoms with Gasteiger partial charge in [0.25, 0.3) is 0 Å². The minimum atomic E-state index is 0.368. The molecule has 0 amide bonds. The van der Waals surface area contributed by atoms with E-state index >= 15 is 0 Å². The third-order valence-corrected chi connectivity index (χ3v) is 3.44. The maximum absolute atomic E-state index is 5.98. The molecular formula is C14H24ClN3O. The van der Waals surface area contributed by atoms with E-state index in [9.17, 15) is 0 Å². The second kappa shape index (κ2) is 7.65. The molecule has 0 aliphatic heterocycles. The van der Waals surface area contributed by atoms with Crippen LogP contribution in [0.5, 0.6) is 0 Å². The van der Waals surface area contributed by atoms with Crippen molar-refractivity contribution in [2.45, 2.75) is 34.3 Å². The van der Waals surface area contributed by atoms with Crippen molar-refractivity contribution in [2.24, 2.45) is 17.8 Å². The van der Waals surface area contributed by atoms with Crippen molar-refractivity contribution in [3.05, 3.63) is 17.0 Å². The molecule has 0 fully saturated rings. The average molecular weight is 286 g/mol. The summed E-state index contributed by atoms with van der Waals surface area (Å²) in [6.07, 6.45) is 0. The molecule has 0 atom stereocenters. The molecular weight excluding hydrogens is 262 g/mol. The average Bonchev–Trinajstić information content (AvgIpc) is 2.27. The molecule has 1 aromatic rings. The van der Waals surface area contributed by atoms with Gasteiger partial charge >= 0.3 is 0 Å². The molecule has 0 unspecified atom stereocenters. The number of halogens is 1. The number of ether oxygens (including phenoxy) is 1. The summed E-state index contributed by atoms with van der Waals surface area (Å²) in [6, 6.07) is 1.75. The largest absolute Gasteiger partial charge is 0.377 e. The third kappa shape index (κ3) is 5.33. The fourth-order valence-electron chi connectivity index (χ4n) is 2.21. The van der Waals surface area contributed by atoms with Crippen LogP contribution >= 0.6 is 11.6 Å². The Morgan fingerprint density at radius 2 is 1.84 bits per heavy atom. The minimum absolute atomic E-state index is 0.368. The second-order valence-electron chi connectivity index (χ2n) is 5.46. The van der Waals surface area contributed by atoms with Crippen molar-refractivity contribution in [1.82, 2.24) is 9.97 Å². The predicted octanol–water partition coefficient (Wildman–Crippen LogP) is 3.62. The number of anilines is 1. The fourth-order valence-corrected chi connectivity index (χ4v) is 2.41. The van der Waals surface area contributed by atoms with Gasteiger partial charge in [0.2, 0.25) is 0 Å². The summed E-state index contributed by atoms with van der Waals surface area (Å²) >= 11 is 5.98. The highest BCUT2D eigenvalue weighted by molar-refractivity contribution is 6.29. The monoisotopic (exact) mass is 285 g/mol.